The molecule has 1 aliphatic rings. The summed E-state index contributed by atoms with van der Waals surface area (Å²) in [7, 11) is 1.87. The number of aromatic carboxylic acids is 1. The third-order valence-corrected chi connectivity index (χ3v) is 4.04. The van der Waals surface area contributed by atoms with E-state index in [0.29, 0.717) is 17.3 Å². The van der Waals surface area contributed by atoms with Crippen LogP contribution in [-0.2, 0) is 20.0 Å². The van der Waals surface area contributed by atoms with Crippen LogP contribution in [0.3, 0.4) is 0 Å². The molecule has 6 heteroatoms. The molecule has 0 atom stereocenters. The molecule has 1 N–H and O–H groups in total. The molecule has 1 aromatic heterocycles. The number of rotatable bonds is 3. The van der Waals surface area contributed by atoms with Crippen LogP contribution < -0.4 is 4.90 Å². The van der Waals surface area contributed by atoms with Crippen LogP contribution in [0.4, 0.5) is 5.69 Å². The van der Waals surface area contributed by atoms with E-state index in [-0.39, 0.29) is 0 Å². The highest BCUT2D eigenvalue weighted by Gasteiger charge is 2.22. The molecule has 2 heterocycles. The maximum absolute atomic E-state index is 11.1. The van der Waals surface area contributed by atoms with Gasteiger partial charge in [-0.05, 0) is 24.1 Å². The fraction of sp³-hybridized carbons (Fsp3) is 0.286. The first-order valence-corrected chi connectivity index (χ1v) is 6.71. The Bertz CT molecular complexity index is 681. The number of hydrogen-bond donors (Lipinski definition) is 1. The normalized spacial score (nSPS) is 13.6. The second-order valence-corrected chi connectivity index (χ2v) is 5.26. The van der Waals surface area contributed by atoms with Crippen LogP contribution in [0.15, 0.2) is 24.4 Å². The number of nitrogens with zero attached hydrogens (tertiary/aromatic N) is 3. The van der Waals surface area contributed by atoms with E-state index in [2.05, 4.69) is 9.88 Å². The molecule has 0 saturated carbocycles. The highest BCUT2D eigenvalue weighted by Crippen LogP contribution is 2.30. The molecule has 0 radical (unpaired) electrons. The van der Waals surface area contributed by atoms with Gasteiger partial charge in [0.15, 0.2) is 0 Å². The lowest BCUT2D eigenvalue weighted by molar-refractivity contribution is 0.0697. The van der Waals surface area contributed by atoms with E-state index in [1.54, 1.807) is 18.3 Å². The molecule has 1 aromatic carbocycles. The highest BCUT2D eigenvalue weighted by atomic mass is 35.5. The Kier molecular flexibility index (Phi) is 3.14. The summed E-state index contributed by atoms with van der Waals surface area (Å²) in [6.07, 6.45) is 2.55. The number of imidazole rings is 1. The van der Waals surface area contributed by atoms with Gasteiger partial charge in [0.1, 0.15) is 11.0 Å². The van der Waals surface area contributed by atoms with Crippen molar-refractivity contribution in [3.63, 3.8) is 0 Å². The summed E-state index contributed by atoms with van der Waals surface area (Å²) < 4.78 is 1.83. The molecule has 0 aliphatic carbocycles. The van der Waals surface area contributed by atoms with Crippen molar-refractivity contribution in [2.24, 2.45) is 7.05 Å². The number of benzene rings is 1. The first-order valence-electron chi connectivity index (χ1n) is 6.33. The van der Waals surface area contributed by atoms with Crippen molar-refractivity contribution in [1.29, 1.82) is 0 Å². The lowest BCUT2D eigenvalue weighted by Crippen LogP contribution is -2.22. The minimum atomic E-state index is -0.903. The Balaban J connectivity index is 1.90. The van der Waals surface area contributed by atoms with Gasteiger partial charge in [0.2, 0.25) is 0 Å². The molecular formula is C14H14ClN3O2. The standard InChI is InChI=1S/C14H14ClN3O2/c1-17-12(15)7-16-13(17)8-18-5-4-9-2-3-10(14(19)20)6-11(9)18/h2-3,6-7H,4-5,8H2,1H3,(H,19,20). The topological polar surface area (TPSA) is 58.4 Å². The average molecular weight is 292 g/mol. The SMILES string of the molecule is Cn1c(Cl)cnc1CN1CCc2ccc(C(=O)O)cc21. The second-order valence-electron chi connectivity index (χ2n) is 4.88. The zero-order valence-corrected chi connectivity index (χ0v) is 11.8. The van der Waals surface area contributed by atoms with Gasteiger partial charge in [-0.1, -0.05) is 17.7 Å². The van der Waals surface area contributed by atoms with Crippen molar-refractivity contribution in [2.75, 3.05) is 11.4 Å². The third kappa shape index (κ3) is 2.14. The Hall–Kier alpha value is -2.01. The Labute approximate surface area is 121 Å². The zero-order valence-electron chi connectivity index (χ0n) is 11.0. The molecule has 20 heavy (non-hydrogen) atoms. The summed E-state index contributed by atoms with van der Waals surface area (Å²) in [5.74, 6) is -0.0386. The first-order chi connectivity index (χ1) is 9.56. The molecule has 0 fully saturated rings. The van der Waals surface area contributed by atoms with E-state index in [1.807, 2.05) is 17.7 Å². The van der Waals surface area contributed by atoms with Crippen molar-refractivity contribution in [1.82, 2.24) is 9.55 Å². The Morgan fingerprint density at radius 2 is 2.30 bits per heavy atom. The summed E-state index contributed by atoms with van der Waals surface area (Å²) in [6, 6.07) is 5.28. The number of hydrogen-bond acceptors (Lipinski definition) is 3. The minimum Gasteiger partial charge on any atom is -0.478 e. The van der Waals surface area contributed by atoms with Gasteiger partial charge in [-0.25, -0.2) is 9.78 Å². The number of carboxylic acids is 1. The number of fused-ring (bicyclic) bond motifs is 1. The van der Waals surface area contributed by atoms with E-state index in [1.165, 1.54) is 5.56 Å². The van der Waals surface area contributed by atoms with Crippen molar-refractivity contribution in [3.8, 4) is 0 Å². The predicted molar refractivity (Wildman–Crippen MR) is 76.4 cm³/mol. The summed E-state index contributed by atoms with van der Waals surface area (Å²) in [6.45, 7) is 1.49. The molecular weight excluding hydrogens is 278 g/mol. The molecule has 104 valence electrons. The van der Waals surface area contributed by atoms with Crippen molar-refractivity contribution in [2.45, 2.75) is 13.0 Å². The van der Waals surface area contributed by atoms with E-state index in [9.17, 15) is 4.79 Å². The summed E-state index contributed by atoms with van der Waals surface area (Å²) in [4.78, 5) is 17.5. The minimum absolute atomic E-state index is 0.313. The highest BCUT2D eigenvalue weighted by molar-refractivity contribution is 6.29. The summed E-state index contributed by atoms with van der Waals surface area (Å²) in [5.41, 5.74) is 2.47. The summed E-state index contributed by atoms with van der Waals surface area (Å²) in [5, 5.41) is 9.68. The number of carbonyl (C=O) groups is 1. The fourth-order valence-corrected chi connectivity index (χ4v) is 2.63. The van der Waals surface area contributed by atoms with Crippen LogP contribution in [0, 0.1) is 0 Å². The van der Waals surface area contributed by atoms with Crippen LogP contribution in [0.2, 0.25) is 5.15 Å². The zero-order chi connectivity index (χ0) is 14.3. The lowest BCUT2D eigenvalue weighted by Gasteiger charge is -2.19. The third-order valence-electron chi connectivity index (χ3n) is 3.68. The summed E-state index contributed by atoms with van der Waals surface area (Å²) >= 11 is 5.99. The number of anilines is 1. The monoisotopic (exact) mass is 291 g/mol. The van der Waals surface area contributed by atoms with Gasteiger partial charge in [0, 0.05) is 19.3 Å². The van der Waals surface area contributed by atoms with Gasteiger partial charge in [0.05, 0.1) is 18.3 Å². The fourth-order valence-electron chi connectivity index (χ4n) is 2.48. The second kappa shape index (κ2) is 4.83. The van der Waals surface area contributed by atoms with E-state index < -0.39 is 5.97 Å². The van der Waals surface area contributed by atoms with E-state index >= 15 is 0 Å². The number of halogens is 1. The molecule has 0 unspecified atom stereocenters. The Morgan fingerprint density at radius 1 is 1.50 bits per heavy atom. The van der Waals surface area contributed by atoms with Crippen molar-refractivity contribution in [3.05, 3.63) is 46.5 Å². The van der Waals surface area contributed by atoms with Crippen LogP contribution in [0.25, 0.3) is 0 Å². The molecule has 0 spiro atoms. The van der Waals surface area contributed by atoms with Gasteiger partial charge >= 0.3 is 5.97 Å². The first kappa shape index (κ1) is 13.0. The van der Waals surface area contributed by atoms with Gasteiger partial charge < -0.3 is 14.6 Å². The quantitative estimate of drug-likeness (QED) is 0.943. The molecule has 5 nitrogen and oxygen atoms in total. The molecule has 2 aromatic rings. The van der Waals surface area contributed by atoms with Gasteiger partial charge in [0.25, 0.3) is 0 Å². The van der Waals surface area contributed by atoms with E-state index in [0.717, 1.165) is 24.5 Å². The predicted octanol–water partition coefficient (Wildman–Crippen LogP) is 2.33. The van der Waals surface area contributed by atoms with Crippen molar-refractivity contribution >= 4 is 23.3 Å². The molecule has 3 rings (SSSR count). The van der Waals surface area contributed by atoms with Gasteiger partial charge in [-0.15, -0.1) is 0 Å². The van der Waals surface area contributed by atoms with Crippen LogP contribution in [0.1, 0.15) is 21.7 Å². The molecule has 0 bridgehead atoms. The molecule has 0 amide bonds. The maximum atomic E-state index is 11.1. The largest absolute Gasteiger partial charge is 0.478 e. The van der Waals surface area contributed by atoms with Gasteiger partial charge in [-0.3, -0.25) is 0 Å². The van der Waals surface area contributed by atoms with Gasteiger partial charge in [-0.2, -0.15) is 0 Å². The Morgan fingerprint density at radius 3 is 2.95 bits per heavy atom. The maximum Gasteiger partial charge on any atom is 0.335 e. The van der Waals surface area contributed by atoms with Crippen LogP contribution >= 0.6 is 11.6 Å². The molecule has 1 aliphatic heterocycles. The smallest absolute Gasteiger partial charge is 0.335 e. The number of aromatic nitrogens is 2. The lowest BCUT2D eigenvalue weighted by atomic mass is 10.1. The average Bonchev–Trinajstić information content (AvgIpc) is 2.97. The van der Waals surface area contributed by atoms with E-state index in [4.69, 9.17) is 16.7 Å². The van der Waals surface area contributed by atoms with Crippen molar-refractivity contribution < 1.29 is 9.90 Å². The van der Waals surface area contributed by atoms with Crippen LogP contribution in [0.5, 0.6) is 0 Å². The number of carboxylic acid groups (broad SMARTS) is 1. The van der Waals surface area contributed by atoms with Crippen LogP contribution in [-0.4, -0.2) is 27.2 Å². The molecule has 0 saturated heterocycles.